The molecule has 3 rings (SSSR count). The van der Waals surface area contributed by atoms with Crippen LogP contribution in [0.5, 0.6) is 0 Å². The van der Waals surface area contributed by atoms with Crippen LogP contribution in [0.2, 0.25) is 0 Å². The molecular weight excluding hydrogens is 344 g/mol. The molecule has 140 valence electrons. The van der Waals surface area contributed by atoms with Crippen LogP contribution in [0.1, 0.15) is 36.4 Å². The van der Waals surface area contributed by atoms with E-state index in [2.05, 4.69) is 58.0 Å². The van der Waals surface area contributed by atoms with Crippen molar-refractivity contribution in [2.24, 2.45) is 0 Å². The predicted molar refractivity (Wildman–Crippen MR) is 109 cm³/mol. The zero-order valence-electron chi connectivity index (χ0n) is 15.6. The standard InChI is InChI=1S/C19H28N6S/c1-3-7-16(26-14-15-8-5-4-6-9-15)17-21-18(20)23-19(22-17)25-12-10-24(2)11-13-25/h4-6,8-9,16H,3,7,10-14H2,1-2H3,(H2,20,21,22,23). The SMILES string of the molecule is CCCC(SCc1ccccc1)c1nc(N)nc(N2CCN(C)CC2)n1. The zero-order valence-corrected chi connectivity index (χ0v) is 16.5. The molecule has 7 heteroatoms. The molecule has 0 aliphatic carbocycles. The first-order valence-corrected chi connectivity index (χ1v) is 10.3. The van der Waals surface area contributed by atoms with E-state index in [1.807, 2.05) is 17.8 Å². The smallest absolute Gasteiger partial charge is 0.230 e. The van der Waals surface area contributed by atoms with Gasteiger partial charge in [-0.1, -0.05) is 43.7 Å². The van der Waals surface area contributed by atoms with Crippen LogP contribution >= 0.6 is 11.8 Å². The largest absolute Gasteiger partial charge is 0.368 e. The number of piperazine rings is 1. The Hall–Kier alpha value is -1.86. The van der Waals surface area contributed by atoms with Crippen LogP contribution in [0.3, 0.4) is 0 Å². The third-order valence-electron chi connectivity index (χ3n) is 4.58. The van der Waals surface area contributed by atoms with Gasteiger partial charge in [0.05, 0.1) is 5.25 Å². The van der Waals surface area contributed by atoms with Crippen LogP contribution in [0.4, 0.5) is 11.9 Å². The second-order valence-corrected chi connectivity index (χ2v) is 7.91. The molecule has 6 nitrogen and oxygen atoms in total. The highest BCUT2D eigenvalue weighted by atomic mass is 32.2. The fourth-order valence-electron chi connectivity index (χ4n) is 3.01. The highest BCUT2D eigenvalue weighted by Crippen LogP contribution is 2.34. The third kappa shape index (κ3) is 5.08. The third-order valence-corrected chi connectivity index (χ3v) is 5.93. The topological polar surface area (TPSA) is 71.2 Å². The lowest BCUT2D eigenvalue weighted by atomic mass is 10.2. The van der Waals surface area contributed by atoms with E-state index >= 15 is 0 Å². The van der Waals surface area contributed by atoms with Gasteiger partial charge in [0.25, 0.3) is 0 Å². The molecule has 1 aliphatic rings. The van der Waals surface area contributed by atoms with Crippen molar-refractivity contribution in [3.05, 3.63) is 41.7 Å². The summed E-state index contributed by atoms with van der Waals surface area (Å²) in [6.45, 7) is 6.08. The maximum absolute atomic E-state index is 6.03. The first-order chi connectivity index (χ1) is 12.7. The monoisotopic (exact) mass is 372 g/mol. The Balaban J connectivity index is 1.75. The van der Waals surface area contributed by atoms with Crippen LogP contribution in [-0.4, -0.2) is 53.1 Å². The molecule has 2 N–H and O–H groups in total. The number of likely N-dealkylation sites (N-methyl/N-ethyl adjacent to an activating group) is 1. The number of aromatic nitrogens is 3. The van der Waals surface area contributed by atoms with Crippen molar-refractivity contribution in [3.63, 3.8) is 0 Å². The Morgan fingerprint density at radius 3 is 2.50 bits per heavy atom. The van der Waals surface area contributed by atoms with Crippen molar-refractivity contribution >= 4 is 23.7 Å². The summed E-state index contributed by atoms with van der Waals surface area (Å²) < 4.78 is 0. The van der Waals surface area contributed by atoms with Gasteiger partial charge in [-0.3, -0.25) is 0 Å². The number of rotatable bonds is 7. The summed E-state index contributed by atoms with van der Waals surface area (Å²) in [5.74, 6) is 2.81. The molecule has 1 fully saturated rings. The quantitative estimate of drug-likeness (QED) is 0.801. The average molecular weight is 373 g/mol. The number of nitrogen functional groups attached to an aromatic ring is 1. The van der Waals surface area contributed by atoms with Crippen LogP contribution in [0, 0.1) is 0 Å². The van der Waals surface area contributed by atoms with Gasteiger partial charge < -0.3 is 15.5 Å². The Morgan fingerprint density at radius 1 is 1.08 bits per heavy atom. The lowest BCUT2D eigenvalue weighted by molar-refractivity contribution is 0.311. The van der Waals surface area contributed by atoms with Gasteiger partial charge in [0.2, 0.25) is 11.9 Å². The van der Waals surface area contributed by atoms with Crippen molar-refractivity contribution in [1.29, 1.82) is 0 Å². The Morgan fingerprint density at radius 2 is 1.81 bits per heavy atom. The molecule has 0 spiro atoms. The molecule has 1 aromatic carbocycles. The molecule has 1 aromatic heterocycles. The molecule has 1 atom stereocenters. The Bertz CT molecular complexity index is 688. The van der Waals surface area contributed by atoms with Gasteiger partial charge in [0, 0.05) is 31.9 Å². The van der Waals surface area contributed by atoms with Crippen LogP contribution in [0.15, 0.2) is 30.3 Å². The minimum atomic E-state index is 0.233. The number of hydrogen-bond acceptors (Lipinski definition) is 7. The van der Waals surface area contributed by atoms with Gasteiger partial charge in [-0.15, -0.1) is 11.8 Å². The van der Waals surface area contributed by atoms with Crippen molar-refractivity contribution in [3.8, 4) is 0 Å². The van der Waals surface area contributed by atoms with E-state index in [4.69, 9.17) is 10.7 Å². The molecule has 0 amide bonds. The van der Waals surface area contributed by atoms with Gasteiger partial charge in [-0.2, -0.15) is 15.0 Å². The second-order valence-electron chi connectivity index (χ2n) is 6.72. The molecule has 1 unspecified atom stereocenters. The molecule has 2 aromatic rings. The summed E-state index contributed by atoms with van der Waals surface area (Å²) in [5, 5.41) is 0.233. The minimum absolute atomic E-state index is 0.233. The number of nitrogens with two attached hydrogens (primary N) is 1. The van der Waals surface area contributed by atoms with Crippen LogP contribution in [0.25, 0.3) is 0 Å². The van der Waals surface area contributed by atoms with Gasteiger partial charge >= 0.3 is 0 Å². The first-order valence-electron chi connectivity index (χ1n) is 9.26. The van der Waals surface area contributed by atoms with Crippen molar-refractivity contribution in [2.75, 3.05) is 43.9 Å². The highest BCUT2D eigenvalue weighted by molar-refractivity contribution is 7.98. The molecule has 26 heavy (non-hydrogen) atoms. The summed E-state index contributed by atoms with van der Waals surface area (Å²) >= 11 is 1.88. The molecule has 0 saturated carbocycles. The van der Waals surface area contributed by atoms with Gasteiger partial charge in [-0.05, 0) is 19.0 Å². The predicted octanol–water partition coefficient (Wildman–Crippen LogP) is 2.98. The first kappa shape index (κ1) is 18.9. The summed E-state index contributed by atoms with van der Waals surface area (Å²) in [5.41, 5.74) is 7.35. The Labute approximate surface area is 160 Å². The summed E-state index contributed by atoms with van der Waals surface area (Å²) in [4.78, 5) is 18.2. The van der Waals surface area contributed by atoms with E-state index in [0.29, 0.717) is 5.95 Å². The number of anilines is 2. The summed E-state index contributed by atoms with van der Waals surface area (Å²) in [6, 6.07) is 10.5. The molecule has 1 aliphatic heterocycles. The van der Waals surface area contributed by atoms with Gasteiger partial charge in [-0.25, -0.2) is 0 Å². The van der Waals surface area contributed by atoms with E-state index in [0.717, 1.165) is 56.5 Å². The molecule has 1 saturated heterocycles. The lowest BCUT2D eigenvalue weighted by Gasteiger charge is -2.32. The van der Waals surface area contributed by atoms with E-state index < -0.39 is 0 Å². The molecular formula is C19H28N6S. The fourth-order valence-corrected chi connectivity index (χ4v) is 4.25. The van der Waals surface area contributed by atoms with E-state index in [1.165, 1.54) is 5.56 Å². The van der Waals surface area contributed by atoms with Crippen LogP contribution < -0.4 is 10.6 Å². The normalized spacial score (nSPS) is 16.6. The number of thioether (sulfide) groups is 1. The fraction of sp³-hybridized carbons (Fsp3) is 0.526. The number of nitrogens with zero attached hydrogens (tertiary/aromatic N) is 5. The van der Waals surface area contributed by atoms with E-state index in [-0.39, 0.29) is 5.25 Å². The van der Waals surface area contributed by atoms with E-state index in [1.54, 1.807) is 0 Å². The van der Waals surface area contributed by atoms with Crippen molar-refractivity contribution in [2.45, 2.75) is 30.8 Å². The lowest BCUT2D eigenvalue weighted by Crippen LogP contribution is -2.45. The maximum atomic E-state index is 6.03. The van der Waals surface area contributed by atoms with Gasteiger partial charge in [0.15, 0.2) is 0 Å². The number of hydrogen-bond donors (Lipinski definition) is 1. The summed E-state index contributed by atoms with van der Waals surface area (Å²) in [6.07, 6.45) is 2.12. The highest BCUT2D eigenvalue weighted by Gasteiger charge is 2.21. The number of benzene rings is 1. The Kier molecular flexibility index (Phi) is 6.68. The average Bonchev–Trinajstić information content (AvgIpc) is 2.66. The maximum Gasteiger partial charge on any atom is 0.230 e. The second kappa shape index (κ2) is 9.19. The van der Waals surface area contributed by atoms with Crippen molar-refractivity contribution in [1.82, 2.24) is 19.9 Å². The van der Waals surface area contributed by atoms with E-state index in [9.17, 15) is 0 Å². The minimum Gasteiger partial charge on any atom is -0.368 e. The van der Waals surface area contributed by atoms with Crippen LogP contribution in [-0.2, 0) is 5.75 Å². The molecule has 2 heterocycles. The summed E-state index contributed by atoms with van der Waals surface area (Å²) in [7, 11) is 2.14. The zero-order chi connectivity index (χ0) is 18.4. The molecule has 0 radical (unpaired) electrons. The van der Waals surface area contributed by atoms with Gasteiger partial charge in [0.1, 0.15) is 5.82 Å². The van der Waals surface area contributed by atoms with Crippen molar-refractivity contribution < 1.29 is 0 Å². The molecule has 0 bridgehead atoms.